The number of benzene rings is 1. The Morgan fingerprint density at radius 1 is 1.48 bits per heavy atom. The molecule has 0 saturated heterocycles. The quantitative estimate of drug-likeness (QED) is 0.819. The molecule has 0 radical (unpaired) electrons. The largest absolute Gasteiger partial charge is 0.393 e. The highest BCUT2D eigenvalue weighted by Crippen LogP contribution is 2.28. The van der Waals surface area contributed by atoms with Crippen molar-refractivity contribution in [2.75, 3.05) is 20.1 Å². The first-order valence-electron chi connectivity index (χ1n) is 7.24. The van der Waals surface area contributed by atoms with E-state index in [2.05, 4.69) is 11.8 Å². The summed E-state index contributed by atoms with van der Waals surface area (Å²) in [5.74, 6) is 6.25. The zero-order valence-electron chi connectivity index (χ0n) is 12.6. The SMILES string of the molecule is Cc1cc(C(=O)N(C)CC2CC(O)C2)ccc1C#CCN. The van der Waals surface area contributed by atoms with Gasteiger partial charge in [-0.25, -0.2) is 0 Å². The fourth-order valence-corrected chi connectivity index (χ4v) is 2.62. The van der Waals surface area contributed by atoms with Gasteiger partial charge in [0.25, 0.3) is 5.91 Å². The maximum atomic E-state index is 12.4. The minimum Gasteiger partial charge on any atom is -0.393 e. The Kier molecular flexibility index (Phi) is 5.00. The first kappa shape index (κ1) is 15.6. The summed E-state index contributed by atoms with van der Waals surface area (Å²) >= 11 is 0. The van der Waals surface area contributed by atoms with Gasteiger partial charge in [-0.3, -0.25) is 4.79 Å². The Bertz CT molecular complexity index is 580. The van der Waals surface area contributed by atoms with E-state index in [0.29, 0.717) is 24.6 Å². The lowest BCUT2D eigenvalue weighted by atomic mass is 9.82. The Balaban J connectivity index is 2.03. The number of carbonyl (C=O) groups excluding carboxylic acids is 1. The lowest BCUT2D eigenvalue weighted by molar-refractivity contribution is 0.0265. The summed E-state index contributed by atoms with van der Waals surface area (Å²) in [5.41, 5.74) is 7.93. The molecule has 0 heterocycles. The van der Waals surface area contributed by atoms with Gasteiger partial charge >= 0.3 is 0 Å². The van der Waals surface area contributed by atoms with Gasteiger partial charge in [0.2, 0.25) is 0 Å². The molecule has 2 rings (SSSR count). The zero-order valence-corrected chi connectivity index (χ0v) is 12.6. The van der Waals surface area contributed by atoms with E-state index in [9.17, 15) is 9.90 Å². The monoisotopic (exact) mass is 286 g/mol. The van der Waals surface area contributed by atoms with Gasteiger partial charge in [0.15, 0.2) is 0 Å². The van der Waals surface area contributed by atoms with Crippen molar-refractivity contribution in [1.82, 2.24) is 4.90 Å². The standard InChI is InChI=1S/C17H22N2O2/c1-12-8-15(6-5-14(12)4-3-7-18)17(21)19(2)11-13-9-16(20)10-13/h5-6,8,13,16,20H,7,9-11,18H2,1-2H3. The van der Waals surface area contributed by atoms with Crippen molar-refractivity contribution in [2.45, 2.75) is 25.9 Å². The summed E-state index contributed by atoms with van der Waals surface area (Å²) in [7, 11) is 1.81. The van der Waals surface area contributed by atoms with Crippen molar-refractivity contribution in [3.8, 4) is 11.8 Å². The van der Waals surface area contributed by atoms with Gasteiger partial charge in [-0.15, -0.1) is 0 Å². The van der Waals surface area contributed by atoms with Crippen LogP contribution in [-0.4, -0.2) is 42.2 Å². The summed E-state index contributed by atoms with van der Waals surface area (Å²) in [6, 6.07) is 5.54. The number of hydrogen-bond donors (Lipinski definition) is 2. The highest BCUT2D eigenvalue weighted by Gasteiger charge is 2.29. The normalized spacial score (nSPS) is 20.2. The molecule has 1 fully saturated rings. The first-order valence-corrected chi connectivity index (χ1v) is 7.24. The zero-order chi connectivity index (χ0) is 15.4. The maximum absolute atomic E-state index is 12.4. The molecule has 0 aromatic heterocycles. The van der Waals surface area contributed by atoms with Crippen molar-refractivity contribution in [2.24, 2.45) is 11.7 Å². The van der Waals surface area contributed by atoms with Crippen LogP contribution < -0.4 is 5.73 Å². The van der Waals surface area contributed by atoms with Gasteiger partial charge in [0, 0.05) is 24.7 Å². The molecule has 1 aromatic carbocycles. The molecule has 1 saturated carbocycles. The van der Waals surface area contributed by atoms with Crippen LogP contribution in [0, 0.1) is 24.7 Å². The molecule has 0 spiro atoms. The lowest BCUT2D eigenvalue weighted by Crippen LogP contribution is -2.39. The third-order valence-corrected chi connectivity index (χ3v) is 3.89. The van der Waals surface area contributed by atoms with Crippen LogP contribution in [-0.2, 0) is 0 Å². The predicted molar refractivity (Wildman–Crippen MR) is 82.8 cm³/mol. The van der Waals surface area contributed by atoms with E-state index < -0.39 is 0 Å². The number of amides is 1. The van der Waals surface area contributed by atoms with Gasteiger partial charge in [-0.1, -0.05) is 11.8 Å². The van der Waals surface area contributed by atoms with E-state index in [-0.39, 0.29) is 12.0 Å². The summed E-state index contributed by atoms with van der Waals surface area (Å²) in [6.45, 7) is 2.97. The topological polar surface area (TPSA) is 66.6 Å². The molecule has 0 aliphatic heterocycles. The molecule has 1 aromatic rings. The van der Waals surface area contributed by atoms with Gasteiger partial charge in [-0.05, 0) is 49.4 Å². The van der Waals surface area contributed by atoms with Crippen molar-refractivity contribution in [1.29, 1.82) is 0 Å². The minimum absolute atomic E-state index is 0.0119. The Morgan fingerprint density at radius 3 is 2.76 bits per heavy atom. The number of carbonyl (C=O) groups is 1. The Morgan fingerprint density at radius 2 is 2.19 bits per heavy atom. The fraction of sp³-hybridized carbons (Fsp3) is 0.471. The Hall–Kier alpha value is -1.83. The highest BCUT2D eigenvalue weighted by atomic mass is 16.3. The number of aliphatic hydroxyl groups excluding tert-OH is 1. The van der Waals surface area contributed by atoms with E-state index in [1.807, 2.05) is 32.2 Å². The second-order valence-electron chi connectivity index (χ2n) is 5.71. The number of aliphatic hydroxyl groups is 1. The molecule has 112 valence electrons. The van der Waals surface area contributed by atoms with Crippen LogP contribution in [0.1, 0.15) is 34.3 Å². The van der Waals surface area contributed by atoms with Crippen molar-refractivity contribution < 1.29 is 9.90 Å². The lowest BCUT2D eigenvalue weighted by Gasteiger charge is -2.34. The van der Waals surface area contributed by atoms with Crippen LogP contribution >= 0.6 is 0 Å². The van der Waals surface area contributed by atoms with E-state index in [1.54, 1.807) is 4.90 Å². The van der Waals surface area contributed by atoms with Gasteiger partial charge in [-0.2, -0.15) is 0 Å². The van der Waals surface area contributed by atoms with Crippen molar-refractivity contribution in [3.05, 3.63) is 34.9 Å². The van der Waals surface area contributed by atoms with E-state index in [4.69, 9.17) is 5.73 Å². The summed E-state index contributed by atoms with van der Waals surface area (Å²) in [5, 5.41) is 9.30. The fourth-order valence-electron chi connectivity index (χ4n) is 2.62. The van der Waals surface area contributed by atoms with E-state index in [0.717, 1.165) is 24.0 Å². The minimum atomic E-state index is -0.179. The Labute approximate surface area is 125 Å². The second kappa shape index (κ2) is 6.75. The predicted octanol–water partition coefficient (Wildman–Crippen LogP) is 1.15. The average Bonchev–Trinajstić information content (AvgIpc) is 2.43. The molecule has 0 unspecified atom stereocenters. The third-order valence-electron chi connectivity index (χ3n) is 3.89. The molecule has 0 bridgehead atoms. The number of nitrogens with zero attached hydrogens (tertiary/aromatic N) is 1. The number of rotatable bonds is 3. The summed E-state index contributed by atoms with van der Waals surface area (Å²) < 4.78 is 0. The highest BCUT2D eigenvalue weighted by molar-refractivity contribution is 5.94. The molecular weight excluding hydrogens is 264 g/mol. The molecule has 21 heavy (non-hydrogen) atoms. The number of aryl methyl sites for hydroxylation is 1. The van der Waals surface area contributed by atoms with Gasteiger partial charge < -0.3 is 15.7 Å². The summed E-state index contributed by atoms with van der Waals surface area (Å²) in [4.78, 5) is 14.1. The van der Waals surface area contributed by atoms with E-state index >= 15 is 0 Å². The molecule has 0 atom stereocenters. The summed E-state index contributed by atoms with van der Waals surface area (Å²) in [6.07, 6.45) is 1.41. The average molecular weight is 286 g/mol. The second-order valence-corrected chi connectivity index (χ2v) is 5.71. The molecule has 1 aliphatic carbocycles. The molecule has 4 nitrogen and oxygen atoms in total. The molecule has 1 aliphatic rings. The third kappa shape index (κ3) is 3.84. The van der Waals surface area contributed by atoms with Gasteiger partial charge in [0.05, 0.1) is 12.6 Å². The number of nitrogens with two attached hydrogens (primary N) is 1. The molecule has 4 heteroatoms. The van der Waals surface area contributed by atoms with Crippen molar-refractivity contribution >= 4 is 5.91 Å². The van der Waals surface area contributed by atoms with Crippen LogP contribution in [0.3, 0.4) is 0 Å². The van der Waals surface area contributed by atoms with Crippen LogP contribution in [0.15, 0.2) is 18.2 Å². The van der Waals surface area contributed by atoms with Crippen LogP contribution in [0.5, 0.6) is 0 Å². The van der Waals surface area contributed by atoms with Crippen molar-refractivity contribution in [3.63, 3.8) is 0 Å². The smallest absolute Gasteiger partial charge is 0.253 e. The molecule has 3 N–H and O–H groups in total. The van der Waals surface area contributed by atoms with Crippen LogP contribution in [0.4, 0.5) is 0 Å². The van der Waals surface area contributed by atoms with E-state index in [1.165, 1.54) is 0 Å². The number of hydrogen-bond acceptors (Lipinski definition) is 3. The maximum Gasteiger partial charge on any atom is 0.253 e. The molecule has 1 amide bonds. The van der Waals surface area contributed by atoms with Crippen LogP contribution in [0.2, 0.25) is 0 Å². The molecular formula is C17H22N2O2. The van der Waals surface area contributed by atoms with Gasteiger partial charge in [0.1, 0.15) is 0 Å². The van der Waals surface area contributed by atoms with Crippen LogP contribution in [0.25, 0.3) is 0 Å². The first-order chi connectivity index (χ1) is 10.0.